The lowest BCUT2D eigenvalue weighted by molar-refractivity contribution is -0.116. The normalized spacial score (nSPS) is 10.3. The van der Waals surface area contributed by atoms with Gasteiger partial charge in [-0.05, 0) is 40.2 Å². The SMILES string of the molecule is O=C(CCn1cccn1)Nc1ccc(F)c(Br)c1. The average molecular weight is 312 g/mol. The largest absolute Gasteiger partial charge is 0.326 e. The summed E-state index contributed by atoms with van der Waals surface area (Å²) in [7, 11) is 0. The third-order valence-electron chi connectivity index (χ3n) is 2.33. The molecule has 94 valence electrons. The zero-order valence-corrected chi connectivity index (χ0v) is 11.0. The fourth-order valence-corrected chi connectivity index (χ4v) is 1.82. The van der Waals surface area contributed by atoms with Crippen molar-refractivity contribution in [3.05, 3.63) is 46.9 Å². The van der Waals surface area contributed by atoms with Crippen LogP contribution in [0.3, 0.4) is 0 Å². The molecule has 1 aromatic heterocycles. The molecule has 1 heterocycles. The molecular formula is C12H11BrFN3O. The summed E-state index contributed by atoms with van der Waals surface area (Å²) in [5, 5.41) is 6.70. The first-order valence-corrected chi connectivity index (χ1v) is 6.17. The molecule has 6 heteroatoms. The van der Waals surface area contributed by atoms with Gasteiger partial charge in [0.05, 0.1) is 4.47 Å². The summed E-state index contributed by atoms with van der Waals surface area (Å²) in [6, 6.07) is 6.15. The number of aryl methyl sites for hydroxylation is 1. The monoisotopic (exact) mass is 311 g/mol. The fraction of sp³-hybridized carbons (Fsp3) is 0.167. The van der Waals surface area contributed by atoms with Crippen LogP contribution < -0.4 is 5.32 Å². The van der Waals surface area contributed by atoms with Crippen LogP contribution in [-0.2, 0) is 11.3 Å². The van der Waals surface area contributed by atoms with Crippen molar-refractivity contribution < 1.29 is 9.18 Å². The summed E-state index contributed by atoms with van der Waals surface area (Å²) < 4.78 is 15.0. The Balaban J connectivity index is 1.88. The topological polar surface area (TPSA) is 46.9 Å². The van der Waals surface area contributed by atoms with Gasteiger partial charge in [-0.15, -0.1) is 0 Å². The molecule has 1 N–H and O–H groups in total. The van der Waals surface area contributed by atoms with Crippen molar-refractivity contribution >= 4 is 27.5 Å². The molecule has 2 rings (SSSR count). The standard InChI is InChI=1S/C12H11BrFN3O/c13-10-8-9(2-3-11(10)14)16-12(18)4-7-17-6-1-5-15-17/h1-3,5-6,8H,4,7H2,(H,16,18). The molecule has 0 spiro atoms. The van der Waals surface area contributed by atoms with E-state index < -0.39 is 0 Å². The molecule has 0 bridgehead atoms. The van der Waals surface area contributed by atoms with Crippen LogP contribution in [0.1, 0.15) is 6.42 Å². The van der Waals surface area contributed by atoms with E-state index in [1.54, 1.807) is 23.1 Å². The number of carbonyl (C=O) groups excluding carboxylic acids is 1. The van der Waals surface area contributed by atoms with Crippen molar-refractivity contribution in [3.8, 4) is 0 Å². The quantitative estimate of drug-likeness (QED) is 0.943. The predicted molar refractivity (Wildman–Crippen MR) is 69.6 cm³/mol. The highest BCUT2D eigenvalue weighted by molar-refractivity contribution is 9.10. The number of hydrogen-bond acceptors (Lipinski definition) is 2. The number of carbonyl (C=O) groups is 1. The number of benzene rings is 1. The lowest BCUT2D eigenvalue weighted by Crippen LogP contribution is -2.14. The van der Waals surface area contributed by atoms with E-state index >= 15 is 0 Å². The molecule has 0 atom stereocenters. The average Bonchev–Trinajstić information content (AvgIpc) is 2.84. The van der Waals surface area contributed by atoms with E-state index in [1.807, 2.05) is 0 Å². The van der Waals surface area contributed by atoms with Gasteiger partial charge in [-0.2, -0.15) is 5.10 Å². The minimum absolute atomic E-state index is 0.135. The number of anilines is 1. The maximum atomic E-state index is 13.0. The van der Waals surface area contributed by atoms with Crippen LogP contribution in [0, 0.1) is 5.82 Å². The summed E-state index contributed by atoms with van der Waals surface area (Å²) in [6.07, 6.45) is 3.77. The van der Waals surface area contributed by atoms with Gasteiger partial charge in [0.25, 0.3) is 0 Å². The van der Waals surface area contributed by atoms with Gasteiger partial charge in [-0.1, -0.05) is 0 Å². The van der Waals surface area contributed by atoms with Gasteiger partial charge in [-0.3, -0.25) is 9.48 Å². The summed E-state index contributed by atoms with van der Waals surface area (Å²) in [5.74, 6) is -0.492. The molecule has 0 aliphatic heterocycles. The molecule has 1 aromatic carbocycles. The van der Waals surface area contributed by atoms with Crippen molar-refractivity contribution in [2.24, 2.45) is 0 Å². The third-order valence-corrected chi connectivity index (χ3v) is 2.94. The Labute approximate surface area is 112 Å². The van der Waals surface area contributed by atoms with Crippen molar-refractivity contribution in [1.29, 1.82) is 0 Å². The second kappa shape index (κ2) is 5.77. The molecule has 0 unspecified atom stereocenters. The van der Waals surface area contributed by atoms with Crippen LogP contribution in [0.15, 0.2) is 41.1 Å². The molecule has 0 radical (unpaired) electrons. The maximum Gasteiger partial charge on any atom is 0.226 e. The van der Waals surface area contributed by atoms with Crippen LogP contribution in [0.4, 0.5) is 10.1 Å². The minimum atomic E-state index is -0.357. The minimum Gasteiger partial charge on any atom is -0.326 e. The van der Waals surface area contributed by atoms with Gasteiger partial charge in [0.2, 0.25) is 5.91 Å². The molecule has 0 saturated heterocycles. The van der Waals surface area contributed by atoms with Crippen LogP contribution >= 0.6 is 15.9 Å². The zero-order valence-electron chi connectivity index (χ0n) is 9.44. The number of hydrogen-bond donors (Lipinski definition) is 1. The number of aromatic nitrogens is 2. The second-order valence-electron chi connectivity index (χ2n) is 3.70. The summed E-state index contributed by atoms with van der Waals surface area (Å²) in [6.45, 7) is 0.515. The lowest BCUT2D eigenvalue weighted by atomic mass is 10.3. The van der Waals surface area contributed by atoms with Gasteiger partial charge in [0.1, 0.15) is 5.82 Å². The first-order valence-electron chi connectivity index (χ1n) is 5.37. The van der Waals surface area contributed by atoms with E-state index in [4.69, 9.17) is 0 Å². The van der Waals surface area contributed by atoms with Gasteiger partial charge in [-0.25, -0.2) is 4.39 Å². The number of rotatable bonds is 4. The van der Waals surface area contributed by atoms with Crippen LogP contribution in [0.5, 0.6) is 0 Å². The molecule has 0 saturated carbocycles. The smallest absolute Gasteiger partial charge is 0.226 e. The van der Waals surface area contributed by atoms with E-state index in [0.717, 1.165) is 0 Å². The highest BCUT2D eigenvalue weighted by Crippen LogP contribution is 2.20. The second-order valence-corrected chi connectivity index (χ2v) is 4.55. The third kappa shape index (κ3) is 3.40. The fourth-order valence-electron chi connectivity index (χ4n) is 1.45. The lowest BCUT2D eigenvalue weighted by Gasteiger charge is -2.06. The number of halogens is 2. The Morgan fingerprint density at radius 3 is 3.00 bits per heavy atom. The summed E-state index contributed by atoms with van der Waals surface area (Å²) >= 11 is 3.07. The van der Waals surface area contributed by atoms with Crippen molar-refractivity contribution in [2.75, 3.05) is 5.32 Å². The molecular weight excluding hydrogens is 301 g/mol. The number of nitrogens with one attached hydrogen (secondary N) is 1. The predicted octanol–water partition coefficient (Wildman–Crippen LogP) is 2.81. The Hall–Kier alpha value is -1.69. The van der Waals surface area contributed by atoms with Gasteiger partial charge >= 0.3 is 0 Å². The van der Waals surface area contributed by atoms with E-state index in [2.05, 4.69) is 26.3 Å². The Kier molecular flexibility index (Phi) is 4.09. The zero-order chi connectivity index (χ0) is 13.0. The molecule has 18 heavy (non-hydrogen) atoms. The Bertz CT molecular complexity index is 542. The van der Waals surface area contributed by atoms with Crippen molar-refractivity contribution in [1.82, 2.24) is 9.78 Å². The van der Waals surface area contributed by atoms with E-state index in [0.29, 0.717) is 23.1 Å². The first kappa shape index (κ1) is 12.8. The molecule has 2 aromatic rings. The van der Waals surface area contributed by atoms with Crippen LogP contribution in [-0.4, -0.2) is 15.7 Å². The summed E-state index contributed by atoms with van der Waals surface area (Å²) in [4.78, 5) is 11.6. The van der Waals surface area contributed by atoms with Crippen molar-refractivity contribution in [3.63, 3.8) is 0 Å². The van der Waals surface area contributed by atoms with Crippen LogP contribution in [0.2, 0.25) is 0 Å². The van der Waals surface area contributed by atoms with Gasteiger partial charge < -0.3 is 5.32 Å². The van der Waals surface area contributed by atoms with E-state index in [9.17, 15) is 9.18 Å². The first-order chi connectivity index (χ1) is 8.65. The molecule has 0 aliphatic rings. The van der Waals surface area contributed by atoms with Crippen LogP contribution in [0.25, 0.3) is 0 Å². The highest BCUT2D eigenvalue weighted by atomic mass is 79.9. The highest BCUT2D eigenvalue weighted by Gasteiger charge is 2.05. The maximum absolute atomic E-state index is 13.0. The Morgan fingerprint density at radius 2 is 2.33 bits per heavy atom. The molecule has 1 amide bonds. The molecule has 4 nitrogen and oxygen atoms in total. The molecule has 0 fully saturated rings. The van der Waals surface area contributed by atoms with Crippen molar-refractivity contribution in [2.45, 2.75) is 13.0 Å². The van der Waals surface area contributed by atoms with E-state index in [-0.39, 0.29) is 11.7 Å². The number of amides is 1. The van der Waals surface area contributed by atoms with Gasteiger partial charge in [0.15, 0.2) is 0 Å². The van der Waals surface area contributed by atoms with E-state index in [1.165, 1.54) is 18.2 Å². The number of nitrogens with zero attached hydrogens (tertiary/aromatic N) is 2. The Morgan fingerprint density at radius 1 is 1.50 bits per heavy atom. The molecule has 0 aliphatic carbocycles. The van der Waals surface area contributed by atoms with Gasteiger partial charge in [0, 0.05) is 31.0 Å². The summed E-state index contributed by atoms with van der Waals surface area (Å²) in [5.41, 5.74) is 0.564.